The van der Waals surface area contributed by atoms with Gasteiger partial charge < -0.3 is 5.11 Å². The fourth-order valence-corrected chi connectivity index (χ4v) is 3.53. The van der Waals surface area contributed by atoms with E-state index < -0.39 is 0 Å². The van der Waals surface area contributed by atoms with Crippen molar-refractivity contribution >= 4 is 23.4 Å². The van der Waals surface area contributed by atoms with E-state index in [4.69, 9.17) is 0 Å². The summed E-state index contributed by atoms with van der Waals surface area (Å²) in [6.07, 6.45) is 0. The van der Waals surface area contributed by atoms with Crippen molar-refractivity contribution in [2.45, 2.75) is 31.7 Å². The van der Waals surface area contributed by atoms with Crippen LogP contribution >= 0.6 is 11.8 Å². The van der Waals surface area contributed by atoms with Gasteiger partial charge in [-0.1, -0.05) is 23.9 Å². The average Bonchev–Trinajstić information content (AvgIpc) is 2.70. The molecule has 0 fully saturated rings. The maximum absolute atomic E-state index is 12.3. The van der Waals surface area contributed by atoms with Gasteiger partial charge in [-0.15, -0.1) is 0 Å². The van der Waals surface area contributed by atoms with E-state index in [1.165, 1.54) is 0 Å². The van der Waals surface area contributed by atoms with Crippen LogP contribution in [0.1, 0.15) is 39.8 Å². The van der Waals surface area contributed by atoms with Crippen LogP contribution in [0.4, 0.5) is 0 Å². The van der Waals surface area contributed by atoms with Crippen molar-refractivity contribution in [1.82, 2.24) is 15.4 Å². The summed E-state index contributed by atoms with van der Waals surface area (Å²) in [6, 6.07) is 16.0. The van der Waals surface area contributed by atoms with Crippen LogP contribution < -0.4 is 5.43 Å². The lowest BCUT2D eigenvalue weighted by Crippen LogP contribution is -2.19. The molecule has 0 atom stereocenters. The Hall–Kier alpha value is -3.19. The number of phenols is 1. The zero-order valence-electron chi connectivity index (χ0n) is 16.5. The lowest BCUT2D eigenvalue weighted by molar-refractivity contribution is 0.0955. The van der Waals surface area contributed by atoms with Crippen molar-refractivity contribution in [2.24, 2.45) is 5.10 Å². The number of nitrogens with one attached hydrogen (secondary N) is 1. The highest BCUT2D eigenvalue weighted by atomic mass is 32.2. The van der Waals surface area contributed by atoms with E-state index in [2.05, 4.69) is 20.5 Å². The van der Waals surface area contributed by atoms with Gasteiger partial charge in [0.05, 0.1) is 5.71 Å². The number of hydrogen-bond acceptors (Lipinski definition) is 6. The smallest absolute Gasteiger partial charge is 0.271 e. The molecule has 0 unspecified atom stereocenters. The molecule has 0 radical (unpaired) electrons. The van der Waals surface area contributed by atoms with Crippen LogP contribution in [-0.4, -0.2) is 26.7 Å². The monoisotopic (exact) mass is 406 g/mol. The first-order valence-corrected chi connectivity index (χ1v) is 10.1. The normalized spacial score (nSPS) is 11.3. The predicted octanol–water partition coefficient (Wildman–Crippen LogP) is 4.25. The molecule has 0 aliphatic carbocycles. The van der Waals surface area contributed by atoms with E-state index in [9.17, 15) is 9.90 Å². The third-order valence-electron chi connectivity index (χ3n) is 4.16. The van der Waals surface area contributed by atoms with Crippen LogP contribution in [-0.2, 0) is 5.75 Å². The minimum absolute atomic E-state index is 0.188. The molecule has 3 rings (SSSR count). The summed E-state index contributed by atoms with van der Waals surface area (Å²) >= 11 is 1.57. The molecule has 2 N–H and O–H groups in total. The van der Waals surface area contributed by atoms with E-state index in [-0.39, 0.29) is 11.7 Å². The summed E-state index contributed by atoms with van der Waals surface area (Å²) < 4.78 is 0. The summed E-state index contributed by atoms with van der Waals surface area (Å²) in [5.74, 6) is 0.635. The van der Waals surface area contributed by atoms with Gasteiger partial charge in [-0.3, -0.25) is 4.79 Å². The minimum atomic E-state index is -0.278. The number of benzene rings is 2. The lowest BCUT2D eigenvalue weighted by Gasteiger charge is -2.05. The number of thioether (sulfide) groups is 1. The Morgan fingerprint density at radius 3 is 2.21 bits per heavy atom. The van der Waals surface area contributed by atoms with Gasteiger partial charge in [-0.2, -0.15) is 5.10 Å². The Labute approximate surface area is 174 Å². The molecular weight excluding hydrogens is 384 g/mol. The Bertz CT molecular complexity index is 1010. The average molecular weight is 407 g/mol. The van der Waals surface area contributed by atoms with Crippen molar-refractivity contribution in [2.75, 3.05) is 0 Å². The highest BCUT2D eigenvalue weighted by molar-refractivity contribution is 7.98. The summed E-state index contributed by atoms with van der Waals surface area (Å²) in [4.78, 5) is 21.2. The minimum Gasteiger partial charge on any atom is -0.508 e. The van der Waals surface area contributed by atoms with Crippen molar-refractivity contribution in [3.8, 4) is 5.75 Å². The highest BCUT2D eigenvalue weighted by Gasteiger charge is 2.07. The quantitative estimate of drug-likeness (QED) is 0.277. The molecule has 1 heterocycles. The summed E-state index contributed by atoms with van der Waals surface area (Å²) in [6.45, 7) is 5.71. The van der Waals surface area contributed by atoms with Gasteiger partial charge in [0.15, 0.2) is 5.16 Å². The number of carbonyl (C=O) groups excluding carboxylic acids is 1. The molecule has 148 valence electrons. The molecule has 0 saturated carbocycles. The van der Waals surface area contributed by atoms with Crippen LogP contribution in [0, 0.1) is 13.8 Å². The highest BCUT2D eigenvalue weighted by Crippen LogP contribution is 2.20. The number of aromatic hydroxyl groups is 1. The van der Waals surface area contributed by atoms with E-state index in [1.807, 2.05) is 32.0 Å². The second-order valence-corrected chi connectivity index (χ2v) is 7.55. The molecule has 0 aliphatic heterocycles. The number of amides is 1. The molecule has 0 bridgehead atoms. The topological polar surface area (TPSA) is 87.5 Å². The van der Waals surface area contributed by atoms with E-state index >= 15 is 0 Å². The summed E-state index contributed by atoms with van der Waals surface area (Å²) in [5.41, 5.74) is 7.56. The summed E-state index contributed by atoms with van der Waals surface area (Å²) in [5, 5.41) is 14.2. The second kappa shape index (κ2) is 9.34. The van der Waals surface area contributed by atoms with Crippen molar-refractivity contribution in [1.29, 1.82) is 0 Å². The molecule has 0 saturated heterocycles. The third kappa shape index (κ3) is 5.89. The molecule has 2 aromatic carbocycles. The fraction of sp³-hybridized carbons (Fsp3) is 0.182. The Kier molecular flexibility index (Phi) is 6.61. The Morgan fingerprint density at radius 1 is 1.00 bits per heavy atom. The number of aromatic nitrogens is 2. The van der Waals surface area contributed by atoms with Gasteiger partial charge in [0.25, 0.3) is 5.91 Å². The molecule has 1 amide bonds. The molecule has 3 aromatic rings. The summed E-state index contributed by atoms with van der Waals surface area (Å²) in [7, 11) is 0. The number of hydrazone groups is 1. The SMILES string of the molecule is C/C(=N\NC(=O)c1ccc(CSc2nc(C)cc(C)n2)cc1)c1ccc(O)cc1. The number of nitrogens with zero attached hydrogens (tertiary/aromatic N) is 3. The van der Waals surface area contributed by atoms with Gasteiger partial charge in [-0.05, 0) is 74.4 Å². The Balaban J connectivity index is 1.58. The maximum atomic E-state index is 12.3. The van der Waals surface area contributed by atoms with Crippen molar-refractivity contribution in [3.05, 3.63) is 82.7 Å². The van der Waals surface area contributed by atoms with E-state index in [0.29, 0.717) is 11.3 Å². The molecular formula is C22H22N4O2S. The predicted molar refractivity (Wildman–Crippen MR) is 115 cm³/mol. The van der Waals surface area contributed by atoms with Crippen molar-refractivity contribution in [3.63, 3.8) is 0 Å². The molecule has 0 spiro atoms. The number of rotatable bonds is 6. The molecule has 29 heavy (non-hydrogen) atoms. The number of hydrogen-bond donors (Lipinski definition) is 2. The maximum Gasteiger partial charge on any atom is 0.271 e. The first kappa shape index (κ1) is 20.5. The molecule has 6 nitrogen and oxygen atoms in total. The van der Waals surface area contributed by atoms with Crippen LogP contribution in [0.3, 0.4) is 0 Å². The number of phenolic OH excluding ortho intramolecular Hbond substituents is 1. The molecule has 1 aromatic heterocycles. The third-order valence-corrected chi connectivity index (χ3v) is 5.07. The van der Waals surface area contributed by atoms with Crippen LogP contribution in [0.15, 0.2) is 64.9 Å². The van der Waals surface area contributed by atoms with Gasteiger partial charge in [0.2, 0.25) is 0 Å². The standard InChI is InChI=1S/C22H22N4O2S/c1-14-12-15(2)24-22(23-14)29-13-17-4-6-19(7-5-17)21(28)26-25-16(3)18-8-10-20(27)11-9-18/h4-12,27H,13H2,1-3H3,(H,26,28)/b25-16+. The van der Waals surface area contributed by atoms with Crippen LogP contribution in [0.25, 0.3) is 0 Å². The van der Waals surface area contributed by atoms with Crippen LogP contribution in [0.5, 0.6) is 5.75 Å². The molecule has 7 heteroatoms. The van der Waals surface area contributed by atoms with Crippen molar-refractivity contribution < 1.29 is 9.90 Å². The first-order chi connectivity index (χ1) is 13.9. The second-order valence-electron chi connectivity index (χ2n) is 6.60. The van der Waals surface area contributed by atoms with Gasteiger partial charge in [-0.25, -0.2) is 15.4 Å². The van der Waals surface area contributed by atoms with Gasteiger partial charge >= 0.3 is 0 Å². The van der Waals surface area contributed by atoms with Crippen LogP contribution in [0.2, 0.25) is 0 Å². The largest absolute Gasteiger partial charge is 0.508 e. The zero-order valence-corrected chi connectivity index (χ0v) is 17.3. The number of aryl methyl sites for hydroxylation is 2. The van der Waals surface area contributed by atoms with Gasteiger partial charge in [0, 0.05) is 22.7 Å². The number of carbonyl (C=O) groups is 1. The molecule has 0 aliphatic rings. The zero-order chi connectivity index (χ0) is 20.8. The van der Waals surface area contributed by atoms with E-state index in [1.54, 1.807) is 55.1 Å². The Morgan fingerprint density at radius 2 is 1.59 bits per heavy atom. The van der Waals surface area contributed by atoms with Gasteiger partial charge in [0.1, 0.15) is 5.75 Å². The van der Waals surface area contributed by atoms with E-state index in [0.717, 1.165) is 33.4 Å². The fourth-order valence-electron chi connectivity index (χ4n) is 2.62. The first-order valence-electron chi connectivity index (χ1n) is 9.09. The lowest BCUT2D eigenvalue weighted by atomic mass is 10.1.